The van der Waals surface area contributed by atoms with Crippen LogP contribution in [0.4, 0.5) is 0 Å². The number of hydrogen-bond donors (Lipinski definition) is 0. The van der Waals surface area contributed by atoms with E-state index in [-0.39, 0.29) is 6.42 Å². The Hall–Kier alpha value is -0.860. The lowest BCUT2D eigenvalue weighted by molar-refractivity contribution is -0.300. The molecule has 0 atom stereocenters. The Labute approximate surface area is 60.0 Å². The van der Waals surface area contributed by atoms with E-state index in [4.69, 9.17) is 0 Å². The first kappa shape index (κ1) is 9.14. The number of ketones is 1. The Morgan fingerprint density at radius 2 is 1.90 bits per heavy atom. The topological polar surface area (TPSA) is 57.2 Å². The highest BCUT2D eigenvalue weighted by molar-refractivity contribution is 6.31. The van der Waals surface area contributed by atoms with E-state index in [0.29, 0.717) is 6.42 Å². The lowest BCUT2D eigenvalue weighted by Crippen LogP contribution is -2.31. The van der Waals surface area contributed by atoms with Gasteiger partial charge in [0.25, 0.3) is 0 Å². The molecule has 0 aliphatic carbocycles. The van der Waals surface area contributed by atoms with Gasteiger partial charge in [0.05, 0.1) is 0 Å². The van der Waals surface area contributed by atoms with E-state index in [2.05, 4.69) is 0 Å². The highest BCUT2D eigenvalue weighted by atomic mass is 16.4. The maximum Gasteiger partial charge on any atom is 0.178 e. The molecule has 3 heteroatoms. The third-order valence-electron chi connectivity index (χ3n) is 1.24. The second kappa shape index (κ2) is 4.97. The summed E-state index contributed by atoms with van der Waals surface area (Å²) in [4.78, 5) is 20.2. The fourth-order valence-corrected chi connectivity index (χ4v) is 0.638. The maximum absolute atomic E-state index is 10.4. The van der Waals surface area contributed by atoms with Crippen molar-refractivity contribution in [1.29, 1.82) is 0 Å². The summed E-state index contributed by atoms with van der Waals surface area (Å²) in [7, 11) is 0. The molecule has 0 radical (unpaired) electrons. The van der Waals surface area contributed by atoms with Crippen LogP contribution in [-0.2, 0) is 9.59 Å². The Morgan fingerprint density at radius 3 is 2.30 bits per heavy atom. The van der Waals surface area contributed by atoms with E-state index in [1.165, 1.54) is 0 Å². The van der Waals surface area contributed by atoms with E-state index in [1.807, 2.05) is 6.92 Å². The average Bonchev–Trinajstić information content (AvgIpc) is 1.88. The Kier molecular flexibility index (Phi) is 4.54. The van der Waals surface area contributed by atoms with Crippen molar-refractivity contribution in [2.24, 2.45) is 0 Å². The summed E-state index contributed by atoms with van der Waals surface area (Å²) in [6.45, 7) is 1.99. The molecule has 0 aliphatic heterocycles. The summed E-state index contributed by atoms with van der Waals surface area (Å²) in [6, 6.07) is 0. The molecule has 0 aromatic rings. The van der Waals surface area contributed by atoms with Gasteiger partial charge < -0.3 is 9.90 Å². The van der Waals surface area contributed by atoms with Crippen LogP contribution in [0, 0.1) is 0 Å². The van der Waals surface area contributed by atoms with Crippen LogP contribution in [0.15, 0.2) is 0 Å². The number of unbranched alkanes of at least 4 members (excludes halogenated alkanes) is 2. The number of carbonyl (C=O) groups is 2. The van der Waals surface area contributed by atoms with Crippen molar-refractivity contribution in [1.82, 2.24) is 0 Å². The van der Waals surface area contributed by atoms with E-state index in [9.17, 15) is 14.7 Å². The predicted octanol–water partition coefficient (Wildman–Crippen LogP) is -0.114. The maximum atomic E-state index is 10.4. The minimum atomic E-state index is -1.56. The van der Waals surface area contributed by atoms with Crippen molar-refractivity contribution in [3.63, 3.8) is 0 Å². The molecule has 0 amide bonds. The molecular weight excluding hydrogens is 132 g/mol. The molecule has 0 bridgehead atoms. The van der Waals surface area contributed by atoms with Crippen LogP contribution in [0.25, 0.3) is 0 Å². The lowest BCUT2D eigenvalue weighted by atomic mass is 10.1. The van der Waals surface area contributed by atoms with Gasteiger partial charge in [-0.3, -0.25) is 4.79 Å². The number of carboxylic acid groups (broad SMARTS) is 1. The molecule has 0 fully saturated rings. The number of aliphatic carboxylic acids is 1. The fraction of sp³-hybridized carbons (Fsp3) is 0.714. The zero-order valence-corrected chi connectivity index (χ0v) is 6.05. The summed E-state index contributed by atoms with van der Waals surface area (Å²) >= 11 is 0. The molecule has 0 N–H and O–H groups in total. The molecule has 0 aromatic carbocycles. The second-order valence-corrected chi connectivity index (χ2v) is 2.17. The van der Waals surface area contributed by atoms with Gasteiger partial charge in [0, 0.05) is 6.42 Å². The second-order valence-electron chi connectivity index (χ2n) is 2.17. The molecular formula is C7H11O3-. The number of hydrogen-bond acceptors (Lipinski definition) is 3. The van der Waals surface area contributed by atoms with Gasteiger partial charge in [-0.2, -0.15) is 0 Å². The number of rotatable bonds is 5. The van der Waals surface area contributed by atoms with Gasteiger partial charge in [0.1, 0.15) is 5.97 Å². The molecule has 0 rings (SSSR count). The van der Waals surface area contributed by atoms with E-state index in [0.717, 1.165) is 12.8 Å². The standard InChI is InChI=1S/C7H12O3/c1-2-3-4-5-6(8)7(9)10/h2-5H2,1H3,(H,9,10)/p-1. The number of Topliss-reactive ketones (excluding diaryl/α,β-unsaturated/α-hetero) is 1. The largest absolute Gasteiger partial charge is 0.542 e. The highest BCUT2D eigenvalue weighted by Gasteiger charge is 1.99. The Bertz CT molecular complexity index is 129. The molecule has 0 unspecified atom stereocenters. The summed E-state index contributed by atoms with van der Waals surface area (Å²) < 4.78 is 0. The highest BCUT2D eigenvalue weighted by Crippen LogP contribution is 1.98. The minimum Gasteiger partial charge on any atom is -0.542 e. The summed E-state index contributed by atoms with van der Waals surface area (Å²) in [5.41, 5.74) is 0. The van der Waals surface area contributed by atoms with E-state index < -0.39 is 11.8 Å². The van der Waals surface area contributed by atoms with Crippen LogP contribution in [0.1, 0.15) is 32.6 Å². The quantitative estimate of drug-likeness (QED) is 0.398. The van der Waals surface area contributed by atoms with E-state index in [1.54, 1.807) is 0 Å². The predicted molar refractivity (Wildman–Crippen MR) is 34.2 cm³/mol. The van der Waals surface area contributed by atoms with Gasteiger partial charge in [0.15, 0.2) is 5.78 Å². The molecule has 10 heavy (non-hydrogen) atoms. The van der Waals surface area contributed by atoms with Crippen LogP contribution in [0.5, 0.6) is 0 Å². The molecule has 0 heterocycles. The number of carboxylic acids is 1. The van der Waals surface area contributed by atoms with Crippen LogP contribution in [0.3, 0.4) is 0 Å². The normalized spacial score (nSPS) is 9.30. The minimum absolute atomic E-state index is 0.121. The molecule has 3 nitrogen and oxygen atoms in total. The average molecular weight is 143 g/mol. The van der Waals surface area contributed by atoms with Crippen molar-refractivity contribution in [2.45, 2.75) is 32.6 Å². The Morgan fingerprint density at radius 1 is 1.30 bits per heavy atom. The van der Waals surface area contributed by atoms with Gasteiger partial charge in [-0.05, 0) is 6.42 Å². The summed E-state index contributed by atoms with van der Waals surface area (Å²) in [5.74, 6) is -2.34. The molecule has 0 aliphatic rings. The van der Waals surface area contributed by atoms with Gasteiger partial charge >= 0.3 is 0 Å². The first-order valence-corrected chi connectivity index (χ1v) is 3.42. The van der Waals surface area contributed by atoms with Gasteiger partial charge in [-0.25, -0.2) is 0 Å². The molecule has 0 spiro atoms. The third-order valence-corrected chi connectivity index (χ3v) is 1.24. The van der Waals surface area contributed by atoms with Crippen molar-refractivity contribution >= 4 is 11.8 Å². The fourth-order valence-electron chi connectivity index (χ4n) is 0.638. The van der Waals surface area contributed by atoms with E-state index >= 15 is 0 Å². The third kappa shape index (κ3) is 4.06. The summed E-state index contributed by atoms with van der Waals surface area (Å²) in [5, 5.41) is 9.83. The first-order valence-electron chi connectivity index (χ1n) is 3.42. The van der Waals surface area contributed by atoms with Crippen molar-refractivity contribution in [3.05, 3.63) is 0 Å². The van der Waals surface area contributed by atoms with Gasteiger partial charge in [-0.1, -0.05) is 19.8 Å². The van der Waals surface area contributed by atoms with Crippen LogP contribution in [-0.4, -0.2) is 11.8 Å². The molecule has 0 saturated heterocycles. The van der Waals surface area contributed by atoms with Crippen molar-refractivity contribution in [3.8, 4) is 0 Å². The zero-order chi connectivity index (χ0) is 7.98. The SMILES string of the molecule is CCCCCC(=O)C(=O)[O-]. The lowest BCUT2D eigenvalue weighted by Gasteiger charge is -1.98. The van der Waals surface area contributed by atoms with Gasteiger partial charge in [-0.15, -0.1) is 0 Å². The van der Waals surface area contributed by atoms with Crippen molar-refractivity contribution < 1.29 is 14.7 Å². The first-order chi connectivity index (χ1) is 4.68. The van der Waals surface area contributed by atoms with Crippen molar-refractivity contribution in [2.75, 3.05) is 0 Å². The monoisotopic (exact) mass is 143 g/mol. The van der Waals surface area contributed by atoms with Gasteiger partial charge in [0.2, 0.25) is 0 Å². The van der Waals surface area contributed by atoms with Crippen LogP contribution < -0.4 is 5.11 Å². The molecule has 58 valence electrons. The Balaban J connectivity index is 3.31. The van der Waals surface area contributed by atoms with Crippen LogP contribution >= 0.6 is 0 Å². The number of carbonyl (C=O) groups excluding carboxylic acids is 2. The van der Waals surface area contributed by atoms with Crippen LogP contribution in [0.2, 0.25) is 0 Å². The zero-order valence-electron chi connectivity index (χ0n) is 6.05. The molecule has 0 saturated carbocycles. The smallest absolute Gasteiger partial charge is 0.178 e. The molecule has 0 aromatic heterocycles. The summed E-state index contributed by atoms with van der Waals surface area (Å²) in [6.07, 6.45) is 2.67.